The minimum atomic E-state index is -0.764. The average Bonchev–Trinajstić information content (AvgIpc) is 3.28. The zero-order valence-corrected chi connectivity index (χ0v) is 44.8. The fourth-order valence-corrected chi connectivity index (χ4v) is 8.97. The van der Waals surface area contributed by atoms with Gasteiger partial charge in [0.1, 0.15) is 13.2 Å². The van der Waals surface area contributed by atoms with Gasteiger partial charge in [-0.15, -0.1) is 0 Å². The molecule has 65 heavy (non-hydrogen) atoms. The molecule has 0 spiro atoms. The molecular formula is C59H114O6. The molecule has 0 fully saturated rings. The van der Waals surface area contributed by atoms with E-state index in [2.05, 4.69) is 41.5 Å². The highest BCUT2D eigenvalue weighted by Gasteiger charge is 2.19. The third kappa shape index (κ3) is 51.6. The van der Waals surface area contributed by atoms with Crippen LogP contribution in [0.5, 0.6) is 0 Å². The van der Waals surface area contributed by atoms with Crippen molar-refractivity contribution in [2.75, 3.05) is 13.2 Å². The molecule has 0 N–H and O–H groups in total. The van der Waals surface area contributed by atoms with Crippen molar-refractivity contribution in [2.45, 2.75) is 330 Å². The summed E-state index contributed by atoms with van der Waals surface area (Å²) in [7, 11) is 0. The minimum Gasteiger partial charge on any atom is -0.462 e. The molecule has 0 saturated carbocycles. The monoisotopic (exact) mass is 919 g/mol. The number of esters is 3. The number of hydrogen-bond donors (Lipinski definition) is 0. The molecule has 0 aliphatic heterocycles. The first-order chi connectivity index (χ1) is 31.6. The zero-order valence-electron chi connectivity index (χ0n) is 44.8. The molecule has 0 aromatic heterocycles. The summed E-state index contributed by atoms with van der Waals surface area (Å²) in [5.74, 6) is 1.70. The predicted octanol–water partition coefficient (Wildman–Crippen LogP) is 19.1. The Morgan fingerprint density at radius 3 is 0.800 bits per heavy atom. The van der Waals surface area contributed by atoms with Gasteiger partial charge in [0.05, 0.1) is 0 Å². The van der Waals surface area contributed by atoms with Crippen molar-refractivity contribution in [1.82, 2.24) is 0 Å². The van der Waals surface area contributed by atoms with Crippen molar-refractivity contribution < 1.29 is 28.6 Å². The number of carbonyl (C=O) groups is 3. The summed E-state index contributed by atoms with van der Waals surface area (Å²) in [6.45, 7) is 13.8. The van der Waals surface area contributed by atoms with Crippen LogP contribution in [0, 0.1) is 17.8 Å². The highest BCUT2D eigenvalue weighted by Crippen LogP contribution is 2.19. The van der Waals surface area contributed by atoms with Crippen molar-refractivity contribution >= 4 is 17.9 Å². The lowest BCUT2D eigenvalue weighted by Gasteiger charge is -2.18. The Labute approximate surface area is 406 Å². The topological polar surface area (TPSA) is 78.9 Å². The summed E-state index contributed by atoms with van der Waals surface area (Å²) < 4.78 is 16.9. The van der Waals surface area contributed by atoms with Crippen LogP contribution in [0.1, 0.15) is 324 Å². The molecule has 0 rings (SSSR count). The van der Waals surface area contributed by atoms with E-state index in [9.17, 15) is 14.4 Å². The molecule has 0 saturated heterocycles. The quantitative estimate of drug-likeness (QED) is 0.0344. The number of unbranched alkanes of at least 4 members (excludes halogenated alkanes) is 34. The van der Waals surface area contributed by atoms with Crippen LogP contribution in [-0.2, 0) is 28.6 Å². The van der Waals surface area contributed by atoms with Gasteiger partial charge in [0.25, 0.3) is 0 Å². The molecular weight excluding hydrogens is 805 g/mol. The van der Waals surface area contributed by atoms with E-state index in [-0.39, 0.29) is 31.1 Å². The Balaban J connectivity index is 4.29. The molecule has 0 aliphatic rings. The van der Waals surface area contributed by atoms with Crippen LogP contribution < -0.4 is 0 Å². The largest absolute Gasteiger partial charge is 0.462 e. The molecule has 0 aromatic carbocycles. The normalized spacial score (nSPS) is 12.6. The second-order valence-electron chi connectivity index (χ2n) is 21.5. The maximum Gasteiger partial charge on any atom is 0.306 e. The number of carbonyl (C=O) groups excluding carboxylic acids is 3. The van der Waals surface area contributed by atoms with Crippen LogP contribution in [0.4, 0.5) is 0 Å². The van der Waals surface area contributed by atoms with Gasteiger partial charge in [0.15, 0.2) is 6.10 Å². The van der Waals surface area contributed by atoms with Crippen molar-refractivity contribution in [3.63, 3.8) is 0 Å². The molecule has 0 bridgehead atoms. The lowest BCUT2D eigenvalue weighted by Crippen LogP contribution is -2.30. The van der Waals surface area contributed by atoms with E-state index in [1.165, 1.54) is 205 Å². The first kappa shape index (κ1) is 63.4. The lowest BCUT2D eigenvalue weighted by atomic mass is 9.99. The van der Waals surface area contributed by atoms with Gasteiger partial charge in [-0.3, -0.25) is 14.4 Å². The molecule has 0 heterocycles. The van der Waals surface area contributed by atoms with Gasteiger partial charge in [-0.25, -0.2) is 0 Å². The average molecular weight is 920 g/mol. The van der Waals surface area contributed by atoms with Crippen LogP contribution >= 0.6 is 0 Å². The Hall–Kier alpha value is -1.59. The van der Waals surface area contributed by atoms with Crippen LogP contribution in [0.15, 0.2) is 0 Å². The van der Waals surface area contributed by atoms with Crippen LogP contribution in [0.2, 0.25) is 0 Å². The van der Waals surface area contributed by atoms with Gasteiger partial charge in [0, 0.05) is 19.3 Å². The molecule has 0 aromatic rings. The Morgan fingerprint density at radius 1 is 0.308 bits per heavy atom. The molecule has 0 aliphatic carbocycles. The molecule has 1 unspecified atom stereocenters. The zero-order chi connectivity index (χ0) is 47.7. The van der Waals surface area contributed by atoms with Crippen molar-refractivity contribution in [1.29, 1.82) is 0 Å². The highest BCUT2D eigenvalue weighted by atomic mass is 16.6. The lowest BCUT2D eigenvalue weighted by molar-refractivity contribution is -0.167. The van der Waals surface area contributed by atoms with Gasteiger partial charge >= 0.3 is 17.9 Å². The Bertz CT molecular complexity index is 1010. The Morgan fingerprint density at radius 2 is 0.538 bits per heavy atom. The van der Waals surface area contributed by atoms with Gasteiger partial charge in [0.2, 0.25) is 0 Å². The molecule has 6 nitrogen and oxygen atoms in total. The summed E-state index contributed by atoms with van der Waals surface area (Å²) in [6, 6.07) is 0. The van der Waals surface area contributed by atoms with Gasteiger partial charge < -0.3 is 14.2 Å². The molecule has 6 heteroatoms. The summed E-state index contributed by atoms with van der Waals surface area (Å²) in [5.41, 5.74) is 0. The standard InChI is InChI=1S/C59H114O6/c1-7-55(6)47-41-35-29-23-17-13-9-11-14-18-24-30-36-42-48-57(60)63-51-56(52-64-58(61)49-43-37-31-26-20-22-28-34-40-46-54(4)5)65-59(62)50-44-38-32-25-19-15-10-8-12-16-21-27-33-39-45-53(2)3/h53-56H,7-52H2,1-6H3/t55?,56-/m1/s1. The summed E-state index contributed by atoms with van der Waals surface area (Å²) >= 11 is 0. The first-order valence-corrected chi connectivity index (χ1v) is 29.1. The third-order valence-corrected chi connectivity index (χ3v) is 13.8. The van der Waals surface area contributed by atoms with E-state index < -0.39 is 6.10 Å². The van der Waals surface area contributed by atoms with Crippen LogP contribution in [-0.4, -0.2) is 37.2 Å². The molecule has 0 radical (unpaired) electrons. The van der Waals surface area contributed by atoms with E-state index >= 15 is 0 Å². The summed E-state index contributed by atoms with van der Waals surface area (Å²) in [4.78, 5) is 38.1. The van der Waals surface area contributed by atoms with Gasteiger partial charge in [-0.1, -0.05) is 286 Å². The van der Waals surface area contributed by atoms with Crippen molar-refractivity contribution in [3.8, 4) is 0 Å². The first-order valence-electron chi connectivity index (χ1n) is 29.1. The highest BCUT2D eigenvalue weighted by molar-refractivity contribution is 5.71. The molecule has 386 valence electrons. The van der Waals surface area contributed by atoms with Crippen LogP contribution in [0.3, 0.4) is 0 Å². The van der Waals surface area contributed by atoms with E-state index in [1.54, 1.807) is 0 Å². The third-order valence-electron chi connectivity index (χ3n) is 13.8. The molecule has 0 amide bonds. The SMILES string of the molecule is CCC(C)CCCCCCCCCCCCCCCCC(=O)OC[C@H](COC(=O)CCCCCCCCCCCC(C)C)OC(=O)CCCCCCCCCCCCCCCCC(C)C. The van der Waals surface area contributed by atoms with Crippen molar-refractivity contribution in [3.05, 3.63) is 0 Å². The second-order valence-corrected chi connectivity index (χ2v) is 21.5. The Kier molecular flexibility index (Phi) is 49.1. The summed E-state index contributed by atoms with van der Waals surface area (Å²) in [5, 5.41) is 0. The second kappa shape index (κ2) is 50.3. The minimum absolute atomic E-state index is 0.0636. The number of ether oxygens (including phenoxy) is 3. The fraction of sp³-hybridized carbons (Fsp3) is 0.949. The van der Waals surface area contributed by atoms with Gasteiger partial charge in [-0.2, -0.15) is 0 Å². The van der Waals surface area contributed by atoms with E-state index in [0.29, 0.717) is 19.3 Å². The maximum absolute atomic E-state index is 12.9. The van der Waals surface area contributed by atoms with Crippen LogP contribution in [0.25, 0.3) is 0 Å². The van der Waals surface area contributed by atoms with Crippen molar-refractivity contribution in [2.24, 2.45) is 17.8 Å². The summed E-state index contributed by atoms with van der Waals surface area (Å²) in [6.07, 6.45) is 52.3. The van der Waals surface area contributed by atoms with E-state index in [4.69, 9.17) is 14.2 Å². The fourth-order valence-electron chi connectivity index (χ4n) is 8.97. The number of rotatable bonds is 52. The maximum atomic E-state index is 12.9. The van der Waals surface area contributed by atoms with E-state index in [0.717, 1.165) is 75.5 Å². The predicted molar refractivity (Wildman–Crippen MR) is 279 cm³/mol. The van der Waals surface area contributed by atoms with E-state index in [1.807, 2.05) is 0 Å². The number of hydrogen-bond acceptors (Lipinski definition) is 6. The smallest absolute Gasteiger partial charge is 0.306 e. The molecule has 2 atom stereocenters. The van der Waals surface area contributed by atoms with Gasteiger partial charge in [-0.05, 0) is 37.0 Å².